The first-order valence-corrected chi connectivity index (χ1v) is 11.2. The van der Waals surface area contributed by atoms with Crippen LogP contribution in [-0.2, 0) is 33.8 Å². The molecule has 170 valence electrons. The second-order valence-electron chi connectivity index (χ2n) is 7.49. The van der Waals surface area contributed by atoms with E-state index in [1.54, 1.807) is 31.2 Å². The highest BCUT2D eigenvalue weighted by Crippen LogP contribution is 2.23. The lowest BCUT2D eigenvalue weighted by atomic mass is 10.1. The Morgan fingerprint density at radius 2 is 1.79 bits per heavy atom. The Balaban J connectivity index is 1.71. The first kappa shape index (κ1) is 22.5. The van der Waals surface area contributed by atoms with Crippen molar-refractivity contribution >= 4 is 39.8 Å². The fourth-order valence-corrected chi connectivity index (χ4v) is 4.64. The number of rotatable bonds is 7. The summed E-state index contributed by atoms with van der Waals surface area (Å²) in [6, 6.07) is 14.1. The fourth-order valence-electron chi connectivity index (χ4n) is 3.78. The van der Waals surface area contributed by atoms with Gasteiger partial charge in [-0.3, -0.25) is 29.1 Å². The van der Waals surface area contributed by atoms with Crippen molar-refractivity contribution in [3.63, 3.8) is 0 Å². The zero-order chi connectivity index (χ0) is 23.5. The molecule has 1 unspecified atom stereocenters. The summed E-state index contributed by atoms with van der Waals surface area (Å²) in [6.45, 7) is 1.47. The van der Waals surface area contributed by atoms with Crippen LogP contribution in [0.15, 0.2) is 58.1 Å². The van der Waals surface area contributed by atoms with Gasteiger partial charge >= 0.3 is 11.7 Å². The van der Waals surface area contributed by atoms with Crippen LogP contribution >= 0.6 is 11.8 Å². The number of aromatic nitrogens is 2. The zero-order valence-electron chi connectivity index (χ0n) is 17.8. The zero-order valence-corrected chi connectivity index (χ0v) is 18.6. The molecule has 2 amide bonds. The molecule has 3 aromatic rings. The maximum Gasteiger partial charge on any atom is 0.332 e. The number of esters is 1. The number of hydrogen-bond acceptors (Lipinski definition) is 7. The van der Waals surface area contributed by atoms with Gasteiger partial charge in [-0.25, -0.2) is 9.36 Å². The molecule has 1 N–H and O–H groups in total. The second-order valence-corrected chi connectivity index (χ2v) is 8.66. The van der Waals surface area contributed by atoms with Crippen molar-refractivity contribution in [1.82, 2.24) is 14.5 Å². The average Bonchev–Trinajstić information content (AvgIpc) is 3.11. The predicted molar refractivity (Wildman–Crippen MR) is 123 cm³/mol. The SMILES string of the molecule is CCOC(=O)Cn1c(=O)c2ccccc2n(Cc2cccc(CC3SC(=O)NC3=O)c2)c1=O. The van der Waals surface area contributed by atoms with Gasteiger partial charge in [-0.1, -0.05) is 48.2 Å². The van der Waals surface area contributed by atoms with Gasteiger partial charge in [-0.05, 0) is 36.6 Å². The highest BCUT2D eigenvalue weighted by Gasteiger charge is 2.31. The second kappa shape index (κ2) is 9.45. The van der Waals surface area contributed by atoms with Crippen LogP contribution < -0.4 is 16.6 Å². The minimum absolute atomic E-state index is 0.144. The van der Waals surface area contributed by atoms with Crippen molar-refractivity contribution in [2.45, 2.75) is 31.7 Å². The fraction of sp³-hybridized carbons (Fsp3) is 0.261. The van der Waals surface area contributed by atoms with Crippen LogP contribution in [0, 0.1) is 0 Å². The molecule has 0 bridgehead atoms. The van der Waals surface area contributed by atoms with Crippen molar-refractivity contribution in [2.24, 2.45) is 0 Å². The Kier molecular flexibility index (Phi) is 6.45. The molecule has 1 atom stereocenters. The monoisotopic (exact) mass is 467 g/mol. The molecule has 10 heteroatoms. The standard InChI is InChI=1S/C23H21N3O6S/c1-2-32-19(27)13-26-21(29)16-8-3-4-9-17(16)25(23(26)31)12-15-7-5-6-14(10-15)11-18-20(28)24-22(30)33-18/h3-10,18H,2,11-13H2,1H3,(H,24,28,30). The summed E-state index contributed by atoms with van der Waals surface area (Å²) in [6.07, 6.45) is 0.369. The lowest BCUT2D eigenvalue weighted by molar-refractivity contribution is -0.144. The number of fused-ring (bicyclic) bond motifs is 1. The molecule has 0 spiro atoms. The molecule has 4 rings (SSSR count). The summed E-state index contributed by atoms with van der Waals surface area (Å²) in [4.78, 5) is 61.4. The smallest absolute Gasteiger partial charge is 0.332 e. The van der Waals surface area contributed by atoms with Crippen molar-refractivity contribution in [3.8, 4) is 0 Å². The maximum absolute atomic E-state index is 13.2. The van der Waals surface area contributed by atoms with Crippen LogP contribution in [0.4, 0.5) is 4.79 Å². The molecule has 0 radical (unpaired) electrons. The lowest BCUT2D eigenvalue weighted by Gasteiger charge is -2.15. The molecule has 1 aliphatic heterocycles. The van der Waals surface area contributed by atoms with E-state index in [1.807, 2.05) is 24.3 Å². The predicted octanol–water partition coefficient (Wildman–Crippen LogP) is 1.67. The molecule has 33 heavy (non-hydrogen) atoms. The number of nitrogens with zero attached hydrogens (tertiary/aromatic N) is 2. The van der Waals surface area contributed by atoms with Crippen molar-refractivity contribution in [2.75, 3.05) is 6.61 Å². The van der Waals surface area contributed by atoms with E-state index in [4.69, 9.17) is 4.74 Å². The number of para-hydroxylation sites is 1. The van der Waals surface area contributed by atoms with E-state index in [2.05, 4.69) is 5.32 Å². The Morgan fingerprint density at radius 1 is 1.03 bits per heavy atom. The minimum atomic E-state index is -0.664. The summed E-state index contributed by atoms with van der Waals surface area (Å²) < 4.78 is 7.24. The summed E-state index contributed by atoms with van der Waals surface area (Å²) in [5.41, 5.74) is 0.897. The third-order valence-electron chi connectivity index (χ3n) is 5.24. The number of hydrogen-bond donors (Lipinski definition) is 1. The van der Waals surface area contributed by atoms with Crippen LogP contribution in [0.3, 0.4) is 0 Å². The first-order chi connectivity index (χ1) is 15.9. The third-order valence-corrected chi connectivity index (χ3v) is 6.23. The Morgan fingerprint density at radius 3 is 2.52 bits per heavy atom. The molecule has 0 saturated carbocycles. The topological polar surface area (TPSA) is 116 Å². The van der Waals surface area contributed by atoms with E-state index < -0.39 is 29.0 Å². The Labute approximate surface area is 192 Å². The molecule has 2 aromatic carbocycles. The van der Waals surface area contributed by atoms with Gasteiger partial charge in [0.2, 0.25) is 5.91 Å². The van der Waals surface area contributed by atoms with E-state index in [-0.39, 0.29) is 24.3 Å². The van der Waals surface area contributed by atoms with Crippen molar-refractivity contribution in [1.29, 1.82) is 0 Å². The van der Waals surface area contributed by atoms with Gasteiger partial charge in [0.05, 0.1) is 29.3 Å². The summed E-state index contributed by atoms with van der Waals surface area (Å²) in [5, 5.41) is 1.73. The van der Waals surface area contributed by atoms with E-state index in [0.717, 1.165) is 27.5 Å². The molecule has 1 aliphatic rings. The molecular weight excluding hydrogens is 446 g/mol. The third kappa shape index (κ3) is 4.75. The maximum atomic E-state index is 13.2. The van der Waals surface area contributed by atoms with E-state index in [0.29, 0.717) is 17.3 Å². The summed E-state index contributed by atoms with van der Waals surface area (Å²) in [5.74, 6) is -0.980. The number of thioether (sulfide) groups is 1. The van der Waals surface area contributed by atoms with Gasteiger partial charge in [0.15, 0.2) is 0 Å². The first-order valence-electron chi connectivity index (χ1n) is 10.3. The molecule has 2 heterocycles. The number of carbonyl (C=O) groups is 3. The lowest BCUT2D eigenvalue weighted by Crippen LogP contribution is -2.42. The van der Waals surface area contributed by atoms with Gasteiger partial charge in [-0.15, -0.1) is 0 Å². The molecule has 1 fully saturated rings. The van der Waals surface area contributed by atoms with E-state index in [1.165, 1.54) is 4.57 Å². The molecule has 1 saturated heterocycles. The summed E-state index contributed by atoms with van der Waals surface area (Å²) >= 11 is 0.959. The van der Waals surface area contributed by atoms with Gasteiger partial charge in [-0.2, -0.15) is 0 Å². The molecular formula is C23H21N3O6S. The van der Waals surface area contributed by atoms with Gasteiger partial charge < -0.3 is 4.74 Å². The average molecular weight is 468 g/mol. The van der Waals surface area contributed by atoms with Crippen LogP contribution in [0.1, 0.15) is 18.1 Å². The largest absolute Gasteiger partial charge is 0.465 e. The van der Waals surface area contributed by atoms with Crippen LogP contribution in [0.25, 0.3) is 10.9 Å². The van der Waals surface area contributed by atoms with E-state index >= 15 is 0 Å². The van der Waals surface area contributed by atoms with E-state index in [9.17, 15) is 24.0 Å². The quantitative estimate of drug-likeness (QED) is 0.526. The molecule has 1 aromatic heterocycles. The Hall–Kier alpha value is -3.66. The van der Waals surface area contributed by atoms with Crippen molar-refractivity contribution < 1.29 is 19.1 Å². The van der Waals surface area contributed by atoms with Crippen LogP contribution in [0.2, 0.25) is 0 Å². The minimum Gasteiger partial charge on any atom is -0.465 e. The van der Waals surface area contributed by atoms with Crippen molar-refractivity contribution in [3.05, 3.63) is 80.5 Å². The summed E-state index contributed by atoms with van der Waals surface area (Å²) in [7, 11) is 0. The highest BCUT2D eigenvalue weighted by atomic mass is 32.2. The van der Waals surface area contributed by atoms with Gasteiger partial charge in [0, 0.05) is 0 Å². The van der Waals surface area contributed by atoms with Crippen LogP contribution in [0.5, 0.6) is 0 Å². The van der Waals surface area contributed by atoms with Gasteiger partial charge in [0.25, 0.3) is 10.8 Å². The number of benzene rings is 2. The normalized spacial score (nSPS) is 15.6. The number of amides is 2. The molecule has 9 nitrogen and oxygen atoms in total. The number of nitrogens with one attached hydrogen (secondary N) is 1. The Bertz CT molecular complexity index is 1380. The van der Waals surface area contributed by atoms with Crippen LogP contribution in [-0.4, -0.2) is 38.1 Å². The number of imide groups is 1. The molecule has 0 aliphatic carbocycles. The van der Waals surface area contributed by atoms with Gasteiger partial charge in [0.1, 0.15) is 6.54 Å². The number of ether oxygens (including phenoxy) is 1. The highest BCUT2D eigenvalue weighted by molar-refractivity contribution is 8.15. The number of carbonyl (C=O) groups excluding carboxylic acids is 3.